The zero-order valence-electron chi connectivity index (χ0n) is 9.03. The molecule has 0 spiro atoms. The van der Waals surface area contributed by atoms with Gasteiger partial charge in [-0.1, -0.05) is 18.2 Å². The largest absolute Gasteiger partial charge is 0.466 e. The van der Waals surface area contributed by atoms with Crippen molar-refractivity contribution in [3.8, 4) is 0 Å². The molecular formula is C9H19O5PS. The Balaban J connectivity index is -0.000000166. The molecule has 0 aliphatic carbocycles. The van der Waals surface area contributed by atoms with Gasteiger partial charge in [0.25, 0.3) is 0 Å². The third kappa shape index (κ3) is 101. The minimum Gasteiger partial charge on any atom is -0.373 e. The van der Waals surface area contributed by atoms with E-state index in [1.54, 1.807) is 18.2 Å². The lowest BCUT2D eigenvalue weighted by Crippen LogP contribution is -1.87. The highest BCUT2D eigenvalue weighted by Gasteiger charge is 2.00. The van der Waals surface area contributed by atoms with Gasteiger partial charge in [0.1, 0.15) is 0 Å². The van der Waals surface area contributed by atoms with Gasteiger partial charge in [0.05, 0.1) is 13.2 Å². The summed E-state index contributed by atoms with van der Waals surface area (Å²) in [5.41, 5.74) is 0. The Morgan fingerprint density at radius 3 is 1.44 bits per heavy atom. The molecule has 3 N–H and O–H groups in total. The van der Waals surface area contributed by atoms with Crippen LogP contribution in [-0.4, -0.2) is 33.6 Å². The number of ether oxygens (including phenoxy) is 1. The molecule has 0 atom stereocenters. The molecule has 0 amide bonds. The Bertz CT molecular complexity index is 198. The Labute approximate surface area is 102 Å². The maximum absolute atomic E-state index is 8.88. The molecule has 16 heavy (non-hydrogen) atoms. The fourth-order valence-corrected chi connectivity index (χ4v) is 0.235. The van der Waals surface area contributed by atoms with Crippen molar-refractivity contribution in [2.75, 3.05) is 19.0 Å². The lowest BCUT2D eigenvalue weighted by molar-refractivity contribution is 0.194. The average molecular weight is 270 g/mol. The van der Waals surface area contributed by atoms with E-state index in [0.717, 1.165) is 5.75 Å². The monoisotopic (exact) mass is 270 g/mol. The summed E-state index contributed by atoms with van der Waals surface area (Å²) in [5, 5.41) is 0. The van der Waals surface area contributed by atoms with Crippen molar-refractivity contribution in [3.63, 3.8) is 0 Å². The first-order valence-electron chi connectivity index (χ1n) is 4.13. The Morgan fingerprint density at radius 2 is 1.31 bits per heavy atom. The summed E-state index contributed by atoms with van der Waals surface area (Å²) in [5.74, 6) is 0.778. The van der Waals surface area contributed by atoms with Crippen LogP contribution in [0.15, 0.2) is 38.0 Å². The van der Waals surface area contributed by atoms with Crippen LogP contribution in [0.5, 0.6) is 0 Å². The van der Waals surface area contributed by atoms with Crippen LogP contribution in [0.4, 0.5) is 0 Å². The highest BCUT2D eigenvalue weighted by molar-refractivity contribution is 7.80. The molecule has 0 aliphatic rings. The molecule has 0 saturated carbocycles. The summed E-state index contributed by atoms with van der Waals surface area (Å²) in [6.45, 7) is 11.6. The summed E-state index contributed by atoms with van der Waals surface area (Å²) < 4.78 is 13.8. The normalized spacial score (nSPS) is 8.75. The van der Waals surface area contributed by atoms with Gasteiger partial charge in [-0.25, -0.2) is 4.57 Å². The van der Waals surface area contributed by atoms with Crippen LogP contribution >= 0.6 is 20.5 Å². The van der Waals surface area contributed by atoms with Crippen molar-refractivity contribution in [1.82, 2.24) is 0 Å². The maximum Gasteiger partial charge on any atom is 0.466 e. The van der Waals surface area contributed by atoms with Gasteiger partial charge >= 0.3 is 7.82 Å². The molecule has 96 valence electrons. The molecule has 0 heterocycles. The molecule has 0 bridgehead atoms. The smallest absolute Gasteiger partial charge is 0.373 e. The minimum absolute atomic E-state index is 0.617. The Morgan fingerprint density at radius 1 is 1.06 bits per heavy atom. The van der Waals surface area contributed by atoms with E-state index in [9.17, 15) is 0 Å². The Kier molecular flexibility index (Phi) is 22.4. The van der Waals surface area contributed by atoms with Crippen LogP contribution in [0.25, 0.3) is 0 Å². The van der Waals surface area contributed by atoms with E-state index in [1.807, 2.05) is 0 Å². The van der Waals surface area contributed by atoms with E-state index in [1.165, 1.54) is 0 Å². The fraction of sp³-hybridized carbons (Fsp3) is 0.333. The van der Waals surface area contributed by atoms with Crippen molar-refractivity contribution in [1.29, 1.82) is 0 Å². The first-order valence-corrected chi connectivity index (χ1v) is 6.32. The van der Waals surface area contributed by atoms with Gasteiger partial charge in [-0.15, -0.1) is 19.7 Å². The van der Waals surface area contributed by atoms with Crippen LogP contribution in [0.2, 0.25) is 0 Å². The molecule has 0 radical (unpaired) electrons. The summed E-state index contributed by atoms with van der Waals surface area (Å²) in [6, 6.07) is 0. The first kappa shape index (κ1) is 21.0. The quantitative estimate of drug-likeness (QED) is 0.263. The van der Waals surface area contributed by atoms with E-state index in [4.69, 9.17) is 24.0 Å². The summed E-state index contributed by atoms with van der Waals surface area (Å²) in [6.07, 6.45) is 5.16. The predicted octanol–water partition coefficient (Wildman–Crippen LogP) is 1.55. The van der Waals surface area contributed by atoms with Gasteiger partial charge in [-0.2, -0.15) is 12.6 Å². The predicted molar refractivity (Wildman–Crippen MR) is 69.5 cm³/mol. The van der Waals surface area contributed by atoms with Crippen LogP contribution in [-0.2, 0) is 9.30 Å². The van der Waals surface area contributed by atoms with E-state index >= 15 is 0 Å². The fourth-order valence-electron chi connectivity index (χ4n) is 0.235. The first-order chi connectivity index (χ1) is 7.33. The zero-order valence-corrected chi connectivity index (χ0v) is 10.8. The molecular weight excluding hydrogens is 251 g/mol. The van der Waals surface area contributed by atoms with E-state index in [-0.39, 0.29) is 0 Å². The van der Waals surface area contributed by atoms with Gasteiger partial charge in [-0.3, -0.25) is 0 Å². The van der Waals surface area contributed by atoms with Crippen molar-refractivity contribution >= 4 is 20.5 Å². The van der Waals surface area contributed by atoms with Crippen molar-refractivity contribution in [2.24, 2.45) is 0 Å². The highest BCUT2D eigenvalue weighted by atomic mass is 32.1. The van der Waals surface area contributed by atoms with Gasteiger partial charge in [0, 0.05) is 5.75 Å². The summed E-state index contributed by atoms with van der Waals surface area (Å²) >= 11 is 3.80. The molecule has 0 aromatic heterocycles. The lowest BCUT2D eigenvalue weighted by atomic mass is 10.6. The Hall–Kier alpha value is -0.360. The maximum atomic E-state index is 8.88. The van der Waals surface area contributed by atoms with Crippen LogP contribution in [0.1, 0.15) is 0 Å². The SMILES string of the molecule is C=CCOCC=C.C=CCS.O=P(O)(O)O. The number of thiol groups is 1. The second kappa shape index (κ2) is 17.0. The van der Waals surface area contributed by atoms with Crippen LogP contribution < -0.4 is 0 Å². The molecule has 0 unspecified atom stereocenters. The molecule has 0 fully saturated rings. The third-order valence-corrected chi connectivity index (χ3v) is 0.859. The van der Waals surface area contributed by atoms with Crippen molar-refractivity contribution in [2.45, 2.75) is 0 Å². The van der Waals surface area contributed by atoms with Gasteiger partial charge in [0.2, 0.25) is 0 Å². The summed E-state index contributed by atoms with van der Waals surface area (Å²) in [4.78, 5) is 21.6. The molecule has 0 rings (SSSR count). The number of hydrogen-bond donors (Lipinski definition) is 4. The molecule has 0 aromatic carbocycles. The van der Waals surface area contributed by atoms with Gasteiger partial charge in [0.15, 0.2) is 0 Å². The molecule has 0 saturated heterocycles. The number of phosphoric acid groups is 1. The van der Waals surface area contributed by atoms with Crippen molar-refractivity contribution in [3.05, 3.63) is 38.0 Å². The number of hydrogen-bond acceptors (Lipinski definition) is 3. The van der Waals surface area contributed by atoms with Gasteiger partial charge in [-0.05, 0) is 0 Å². The second-order valence-electron chi connectivity index (χ2n) is 2.10. The minimum atomic E-state index is -4.64. The zero-order chi connectivity index (χ0) is 13.4. The van der Waals surface area contributed by atoms with E-state index in [2.05, 4.69) is 32.4 Å². The summed E-state index contributed by atoms with van der Waals surface area (Å²) in [7, 11) is -4.64. The van der Waals surface area contributed by atoms with Gasteiger partial charge < -0.3 is 19.4 Å². The van der Waals surface area contributed by atoms with E-state index in [0.29, 0.717) is 13.2 Å². The molecule has 5 nitrogen and oxygen atoms in total. The molecule has 0 aliphatic heterocycles. The van der Waals surface area contributed by atoms with Crippen LogP contribution in [0, 0.1) is 0 Å². The third-order valence-electron chi connectivity index (χ3n) is 0.601. The average Bonchev–Trinajstić information content (AvgIpc) is 2.17. The topological polar surface area (TPSA) is 87.0 Å². The van der Waals surface area contributed by atoms with Crippen LogP contribution in [0.3, 0.4) is 0 Å². The van der Waals surface area contributed by atoms with Crippen molar-refractivity contribution < 1.29 is 24.0 Å². The highest BCUT2D eigenvalue weighted by Crippen LogP contribution is 2.25. The van der Waals surface area contributed by atoms with E-state index < -0.39 is 7.82 Å². The second-order valence-corrected chi connectivity index (χ2v) is 3.49. The standard InChI is InChI=1S/C6H10O.C3H6S.H3O4P/c1-3-5-7-6-4-2;1-2-3-4;1-5(2,3)4/h3-4H,1-2,5-6H2;2,4H,1,3H2;(H3,1,2,3,4). The number of rotatable bonds is 5. The molecule has 7 heteroatoms. The lowest BCUT2D eigenvalue weighted by Gasteiger charge is -1.89. The molecule has 0 aromatic rings.